The van der Waals surface area contributed by atoms with Crippen LogP contribution in [-0.4, -0.2) is 48.7 Å². The van der Waals surface area contributed by atoms with E-state index in [1.54, 1.807) is 17.0 Å². The number of phenols is 1. The summed E-state index contributed by atoms with van der Waals surface area (Å²) in [7, 11) is 0. The largest absolute Gasteiger partial charge is 0.504 e. The minimum Gasteiger partial charge on any atom is -0.504 e. The molecular formula is C22H23N3O3. The SMILES string of the molecule is CCOc1cc(C=C(C#N)C(=O)N2CCN(c3ccccc3)CC2)ccc1O. The fourth-order valence-electron chi connectivity index (χ4n) is 3.18. The lowest BCUT2D eigenvalue weighted by Crippen LogP contribution is -2.49. The Kier molecular flexibility index (Phi) is 6.18. The number of benzene rings is 2. The monoisotopic (exact) mass is 377 g/mol. The number of phenolic OH excluding ortho intramolecular Hbond substituents is 1. The van der Waals surface area contributed by atoms with Gasteiger partial charge in [0.15, 0.2) is 11.5 Å². The molecule has 28 heavy (non-hydrogen) atoms. The number of nitriles is 1. The van der Waals surface area contributed by atoms with Gasteiger partial charge in [0.25, 0.3) is 5.91 Å². The van der Waals surface area contributed by atoms with Gasteiger partial charge >= 0.3 is 0 Å². The van der Waals surface area contributed by atoms with Gasteiger partial charge in [0.05, 0.1) is 6.61 Å². The molecule has 0 spiro atoms. The first kappa shape index (κ1) is 19.3. The Morgan fingerprint density at radius 2 is 1.89 bits per heavy atom. The highest BCUT2D eigenvalue weighted by molar-refractivity contribution is 6.01. The maximum Gasteiger partial charge on any atom is 0.264 e. The molecule has 1 amide bonds. The van der Waals surface area contributed by atoms with E-state index in [4.69, 9.17) is 4.74 Å². The molecule has 1 saturated heterocycles. The smallest absolute Gasteiger partial charge is 0.264 e. The molecule has 1 aliphatic rings. The van der Waals surface area contributed by atoms with Crippen molar-refractivity contribution in [2.45, 2.75) is 6.92 Å². The number of piperazine rings is 1. The van der Waals surface area contributed by atoms with E-state index in [0.29, 0.717) is 31.0 Å². The van der Waals surface area contributed by atoms with Gasteiger partial charge in [-0.1, -0.05) is 24.3 Å². The van der Waals surface area contributed by atoms with E-state index in [2.05, 4.69) is 17.0 Å². The number of amides is 1. The van der Waals surface area contributed by atoms with Gasteiger partial charge < -0.3 is 19.6 Å². The van der Waals surface area contributed by atoms with E-state index in [1.165, 1.54) is 12.1 Å². The Morgan fingerprint density at radius 3 is 2.54 bits per heavy atom. The molecule has 144 valence electrons. The zero-order valence-electron chi connectivity index (χ0n) is 15.8. The van der Waals surface area contributed by atoms with Crippen LogP contribution in [-0.2, 0) is 4.79 Å². The minimum absolute atomic E-state index is 0.0286. The fourth-order valence-corrected chi connectivity index (χ4v) is 3.18. The van der Waals surface area contributed by atoms with Gasteiger partial charge in [0.2, 0.25) is 0 Å². The Hall–Kier alpha value is -3.46. The molecule has 1 fully saturated rings. The summed E-state index contributed by atoms with van der Waals surface area (Å²) in [5, 5.41) is 19.3. The maximum atomic E-state index is 12.8. The second-order valence-corrected chi connectivity index (χ2v) is 6.44. The first-order valence-corrected chi connectivity index (χ1v) is 9.29. The molecule has 2 aromatic carbocycles. The van der Waals surface area contributed by atoms with Gasteiger partial charge in [-0.25, -0.2) is 0 Å². The van der Waals surface area contributed by atoms with Crippen molar-refractivity contribution in [1.29, 1.82) is 5.26 Å². The molecule has 0 unspecified atom stereocenters. The summed E-state index contributed by atoms with van der Waals surface area (Å²) in [5.41, 5.74) is 1.84. The average Bonchev–Trinajstić information content (AvgIpc) is 2.74. The summed E-state index contributed by atoms with van der Waals surface area (Å²) >= 11 is 0. The molecule has 2 aromatic rings. The number of nitrogens with zero attached hydrogens (tertiary/aromatic N) is 3. The lowest BCUT2D eigenvalue weighted by molar-refractivity contribution is -0.126. The van der Waals surface area contributed by atoms with Crippen molar-refractivity contribution < 1.29 is 14.6 Å². The zero-order chi connectivity index (χ0) is 19.9. The fraction of sp³-hybridized carbons (Fsp3) is 0.273. The third kappa shape index (κ3) is 4.44. The molecule has 1 N–H and O–H groups in total. The molecule has 3 rings (SSSR count). The van der Waals surface area contributed by atoms with Crippen LogP contribution in [0.25, 0.3) is 6.08 Å². The highest BCUT2D eigenvalue weighted by atomic mass is 16.5. The van der Waals surface area contributed by atoms with Crippen LogP contribution in [0.2, 0.25) is 0 Å². The van der Waals surface area contributed by atoms with Crippen molar-refractivity contribution >= 4 is 17.7 Å². The number of anilines is 1. The number of hydrogen-bond acceptors (Lipinski definition) is 5. The van der Waals surface area contributed by atoms with E-state index in [1.807, 2.05) is 31.2 Å². The van der Waals surface area contributed by atoms with Crippen LogP contribution >= 0.6 is 0 Å². The maximum absolute atomic E-state index is 12.8. The Balaban J connectivity index is 1.70. The van der Waals surface area contributed by atoms with Crippen molar-refractivity contribution in [1.82, 2.24) is 4.90 Å². The topological polar surface area (TPSA) is 76.8 Å². The van der Waals surface area contributed by atoms with Crippen molar-refractivity contribution in [2.75, 3.05) is 37.7 Å². The van der Waals surface area contributed by atoms with Crippen LogP contribution in [0.4, 0.5) is 5.69 Å². The summed E-state index contributed by atoms with van der Waals surface area (Å²) in [6, 6.07) is 16.9. The lowest BCUT2D eigenvalue weighted by Gasteiger charge is -2.36. The Labute approximate surface area is 164 Å². The third-order valence-corrected chi connectivity index (χ3v) is 4.63. The van der Waals surface area contributed by atoms with Gasteiger partial charge in [-0.2, -0.15) is 5.26 Å². The second kappa shape index (κ2) is 8.96. The predicted octanol–water partition coefficient (Wildman–Crippen LogP) is 3.05. The Morgan fingerprint density at radius 1 is 1.18 bits per heavy atom. The van der Waals surface area contributed by atoms with Crippen LogP contribution in [0.1, 0.15) is 12.5 Å². The van der Waals surface area contributed by atoms with Crippen molar-refractivity contribution in [3.05, 3.63) is 59.7 Å². The Bertz CT molecular complexity index is 895. The molecule has 0 aromatic heterocycles. The quantitative estimate of drug-likeness (QED) is 0.640. The molecule has 0 atom stereocenters. The number of hydrogen-bond donors (Lipinski definition) is 1. The standard InChI is InChI=1S/C22H23N3O3/c1-2-28-21-15-17(8-9-20(21)26)14-18(16-23)22(27)25-12-10-24(11-13-25)19-6-4-3-5-7-19/h3-9,14-15,26H,2,10-13H2,1H3. The highest BCUT2D eigenvalue weighted by Crippen LogP contribution is 2.28. The molecule has 6 heteroatoms. The van der Waals surface area contributed by atoms with E-state index in [0.717, 1.165) is 18.8 Å². The van der Waals surface area contributed by atoms with Crippen molar-refractivity contribution in [3.8, 4) is 17.6 Å². The van der Waals surface area contributed by atoms with Crippen LogP contribution in [0, 0.1) is 11.3 Å². The normalized spacial score (nSPS) is 14.5. The van der Waals surface area contributed by atoms with Crippen LogP contribution < -0.4 is 9.64 Å². The van der Waals surface area contributed by atoms with Crippen LogP contribution in [0.15, 0.2) is 54.1 Å². The molecule has 1 aliphatic heterocycles. The number of ether oxygens (including phenoxy) is 1. The van der Waals surface area contributed by atoms with Gasteiger partial charge in [0.1, 0.15) is 11.6 Å². The van der Waals surface area contributed by atoms with Gasteiger partial charge in [-0.3, -0.25) is 4.79 Å². The van der Waals surface area contributed by atoms with Gasteiger partial charge in [0, 0.05) is 31.9 Å². The average molecular weight is 377 g/mol. The molecule has 1 heterocycles. The molecular weight excluding hydrogens is 354 g/mol. The molecule has 0 aliphatic carbocycles. The first-order chi connectivity index (χ1) is 13.6. The van der Waals surface area contributed by atoms with E-state index in [-0.39, 0.29) is 17.2 Å². The summed E-state index contributed by atoms with van der Waals surface area (Å²) in [6.45, 7) is 4.81. The summed E-state index contributed by atoms with van der Waals surface area (Å²) < 4.78 is 5.36. The number of rotatable bonds is 5. The van der Waals surface area contributed by atoms with Crippen LogP contribution in [0.5, 0.6) is 11.5 Å². The van der Waals surface area contributed by atoms with E-state index in [9.17, 15) is 15.2 Å². The zero-order valence-corrected chi connectivity index (χ0v) is 15.8. The third-order valence-electron chi connectivity index (χ3n) is 4.63. The number of para-hydroxylation sites is 1. The molecule has 0 bridgehead atoms. The lowest BCUT2D eigenvalue weighted by atomic mass is 10.1. The van der Waals surface area contributed by atoms with E-state index >= 15 is 0 Å². The molecule has 0 saturated carbocycles. The minimum atomic E-state index is -0.277. The van der Waals surface area contributed by atoms with E-state index < -0.39 is 0 Å². The van der Waals surface area contributed by atoms with Crippen LogP contribution in [0.3, 0.4) is 0 Å². The highest BCUT2D eigenvalue weighted by Gasteiger charge is 2.23. The van der Waals surface area contributed by atoms with Crippen molar-refractivity contribution in [2.24, 2.45) is 0 Å². The number of carbonyl (C=O) groups is 1. The summed E-state index contributed by atoms with van der Waals surface area (Å²) in [4.78, 5) is 16.7. The number of carbonyl (C=O) groups excluding carboxylic acids is 1. The van der Waals surface area contributed by atoms with Crippen molar-refractivity contribution in [3.63, 3.8) is 0 Å². The second-order valence-electron chi connectivity index (χ2n) is 6.44. The predicted molar refractivity (Wildman–Crippen MR) is 108 cm³/mol. The summed E-state index contributed by atoms with van der Waals surface area (Å²) in [5.74, 6) is 0.0829. The first-order valence-electron chi connectivity index (χ1n) is 9.29. The molecule has 0 radical (unpaired) electrons. The number of aromatic hydroxyl groups is 1. The molecule has 6 nitrogen and oxygen atoms in total. The van der Waals surface area contributed by atoms with Gasteiger partial charge in [-0.15, -0.1) is 0 Å². The summed E-state index contributed by atoms with van der Waals surface area (Å²) in [6.07, 6.45) is 1.54. The van der Waals surface area contributed by atoms with Gasteiger partial charge in [-0.05, 0) is 42.8 Å².